The van der Waals surface area contributed by atoms with Crippen LogP contribution in [0.25, 0.3) is 10.9 Å². The van der Waals surface area contributed by atoms with E-state index >= 15 is 0 Å². The minimum Gasteiger partial charge on any atom is -0.379 e. The van der Waals surface area contributed by atoms with Gasteiger partial charge < -0.3 is 15.4 Å². The van der Waals surface area contributed by atoms with Gasteiger partial charge in [-0.1, -0.05) is 12.1 Å². The van der Waals surface area contributed by atoms with Crippen LogP contribution in [0, 0.1) is 0 Å². The van der Waals surface area contributed by atoms with Gasteiger partial charge in [0.1, 0.15) is 18.2 Å². The Morgan fingerprint density at radius 2 is 2.08 bits per heavy atom. The van der Waals surface area contributed by atoms with Gasteiger partial charge in [0.2, 0.25) is 5.91 Å². The van der Waals surface area contributed by atoms with Crippen LogP contribution in [-0.4, -0.2) is 66.2 Å². The van der Waals surface area contributed by atoms with Gasteiger partial charge in [-0.2, -0.15) is 0 Å². The molecular weight excluding hydrogens is 318 g/mol. The molecule has 7 nitrogen and oxygen atoms in total. The number of carbonyl (C=O) groups is 1. The number of hydrogen-bond donors (Lipinski definition) is 2. The Balaban J connectivity index is 1.45. The number of ether oxygens (including phenoxy) is 1. The van der Waals surface area contributed by atoms with Crippen LogP contribution < -0.4 is 10.6 Å². The molecule has 2 aromatic rings. The predicted octanol–water partition coefficient (Wildman–Crippen LogP) is 1.27. The molecule has 2 N–H and O–H groups in total. The zero-order valence-corrected chi connectivity index (χ0v) is 14.6. The van der Waals surface area contributed by atoms with E-state index in [1.807, 2.05) is 31.2 Å². The maximum atomic E-state index is 12.3. The number of nitrogens with one attached hydrogen (secondary N) is 2. The van der Waals surface area contributed by atoms with Crippen LogP contribution >= 0.6 is 0 Å². The molecule has 0 saturated carbocycles. The number of carbonyl (C=O) groups excluding carboxylic acids is 1. The van der Waals surface area contributed by atoms with Crippen molar-refractivity contribution >= 4 is 22.6 Å². The summed E-state index contributed by atoms with van der Waals surface area (Å²) in [5.74, 6) is 0.659. The van der Waals surface area contributed by atoms with E-state index in [0.29, 0.717) is 12.4 Å². The van der Waals surface area contributed by atoms with Crippen molar-refractivity contribution in [3.8, 4) is 0 Å². The SMILES string of the molecule is C[C@@H](Nc1ncnc2ccccc12)C(=O)NCCCN1CCOCC1. The molecule has 134 valence electrons. The van der Waals surface area contributed by atoms with Crippen LogP contribution in [0.5, 0.6) is 0 Å². The van der Waals surface area contributed by atoms with Gasteiger partial charge in [0.05, 0.1) is 18.7 Å². The zero-order chi connectivity index (χ0) is 17.5. The number of morpholine rings is 1. The molecule has 1 saturated heterocycles. The van der Waals surface area contributed by atoms with Crippen molar-refractivity contribution < 1.29 is 9.53 Å². The smallest absolute Gasteiger partial charge is 0.242 e. The van der Waals surface area contributed by atoms with Crippen LogP contribution in [0.1, 0.15) is 13.3 Å². The van der Waals surface area contributed by atoms with E-state index in [2.05, 4.69) is 25.5 Å². The highest BCUT2D eigenvalue weighted by atomic mass is 16.5. The number of aromatic nitrogens is 2. The van der Waals surface area contributed by atoms with E-state index < -0.39 is 0 Å². The van der Waals surface area contributed by atoms with Crippen LogP contribution in [0.3, 0.4) is 0 Å². The molecule has 0 spiro atoms. The van der Waals surface area contributed by atoms with E-state index in [1.165, 1.54) is 6.33 Å². The summed E-state index contributed by atoms with van der Waals surface area (Å²) in [4.78, 5) is 23.1. The van der Waals surface area contributed by atoms with Crippen LogP contribution in [-0.2, 0) is 9.53 Å². The first-order chi connectivity index (χ1) is 12.2. The van der Waals surface area contributed by atoms with Crippen molar-refractivity contribution in [1.29, 1.82) is 0 Å². The average Bonchev–Trinajstić information content (AvgIpc) is 2.66. The zero-order valence-electron chi connectivity index (χ0n) is 14.6. The first-order valence-corrected chi connectivity index (χ1v) is 8.78. The summed E-state index contributed by atoms with van der Waals surface area (Å²) in [6, 6.07) is 7.39. The Bertz CT molecular complexity index is 697. The molecule has 1 aromatic carbocycles. The molecule has 0 radical (unpaired) electrons. The van der Waals surface area contributed by atoms with Crippen molar-refractivity contribution in [2.75, 3.05) is 44.7 Å². The molecule has 1 amide bonds. The molecule has 7 heteroatoms. The van der Waals surface area contributed by atoms with Gasteiger partial charge in [-0.15, -0.1) is 0 Å². The third-order valence-electron chi connectivity index (χ3n) is 4.34. The van der Waals surface area contributed by atoms with Gasteiger partial charge in [0.15, 0.2) is 0 Å². The van der Waals surface area contributed by atoms with E-state index in [0.717, 1.165) is 50.2 Å². The first-order valence-electron chi connectivity index (χ1n) is 8.78. The molecule has 0 unspecified atom stereocenters. The summed E-state index contributed by atoms with van der Waals surface area (Å²) in [5.41, 5.74) is 0.859. The number of rotatable bonds is 7. The molecule has 1 atom stereocenters. The summed E-state index contributed by atoms with van der Waals surface area (Å²) in [5, 5.41) is 7.09. The van der Waals surface area contributed by atoms with Crippen molar-refractivity contribution in [3.63, 3.8) is 0 Å². The lowest BCUT2D eigenvalue weighted by Gasteiger charge is -2.26. The van der Waals surface area contributed by atoms with Crippen LogP contribution in [0.2, 0.25) is 0 Å². The minimum atomic E-state index is -0.360. The van der Waals surface area contributed by atoms with Crippen molar-refractivity contribution in [2.45, 2.75) is 19.4 Å². The van der Waals surface area contributed by atoms with Gasteiger partial charge in [-0.3, -0.25) is 9.69 Å². The van der Waals surface area contributed by atoms with E-state index in [-0.39, 0.29) is 11.9 Å². The third kappa shape index (κ3) is 4.87. The van der Waals surface area contributed by atoms with E-state index in [9.17, 15) is 4.79 Å². The number of benzene rings is 1. The highest BCUT2D eigenvalue weighted by Gasteiger charge is 2.15. The summed E-state index contributed by atoms with van der Waals surface area (Å²) in [7, 11) is 0. The molecule has 1 fully saturated rings. The Labute approximate surface area is 147 Å². The number of fused-ring (bicyclic) bond motifs is 1. The molecule has 0 aliphatic carbocycles. The molecule has 0 bridgehead atoms. The lowest BCUT2D eigenvalue weighted by molar-refractivity contribution is -0.121. The summed E-state index contributed by atoms with van der Waals surface area (Å²) >= 11 is 0. The lowest BCUT2D eigenvalue weighted by atomic mass is 10.2. The van der Waals surface area contributed by atoms with Crippen molar-refractivity contribution in [2.24, 2.45) is 0 Å². The lowest BCUT2D eigenvalue weighted by Crippen LogP contribution is -2.40. The van der Waals surface area contributed by atoms with Crippen LogP contribution in [0.4, 0.5) is 5.82 Å². The van der Waals surface area contributed by atoms with Crippen molar-refractivity contribution in [3.05, 3.63) is 30.6 Å². The minimum absolute atomic E-state index is 0.0235. The summed E-state index contributed by atoms with van der Waals surface area (Å²) in [6.45, 7) is 7.07. The second-order valence-electron chi connectivity index (χ2n) is 6.20. The summed E-state index contributed by atoms with van der Waals surface area (Å²) in [6.07, 6.45) is 2.45. The third-order valence-corrected chi connectivity index (χ3v) is 4.34. The monoisotopic (exact) mass is 343 g/mol. The predicted molar refractivity (Wildman–Crippen MR) is 97.5 cm³/mol. The molecule has 1 aliphatic rings. The Morgan fingerprint density at radius 3 is 2.92 bits per heavy atom. The fraction of sp³-hybridized carbons (Fsp3) is 0.500. The number of amides is 1. The van der Waals surface area contributed by atoms with Gasteiger partial charge in [0, 0.05) is 25.0 Å². The number of nitrogens with zero attached hydrogens (tertiary/aromatic N) is 3. The molecule has 3 rings (SSSR count). The maximum absolute atomic E-state index is 12.3. The van der Waals surface area contributed by atoms with Crippen molar-refractivity contribution in [1.82, 2.24) is 20.2 Å². The highest BCUT2D eigenvalue weighted by molar-refractivity contribution is 5.91. The molecule has 25 heavy (non-hydrogen) atoms. The quantitative estimate of drug-likeness (QED) is 0.737. The van der Waals surface area contributed by atoms with E-state index in [1.54, 1.807) is 0 Å². The van der Waals surface area contributed by atoms with Gasteiger partial charge in [-0.05, 0) is 32.0 Å². The molecular formula is C18H25N5O2. The number of hydrogen-bond acceptors (Lipinski definition) is 6. The van der Waals surface area contributed by atoms with Gasteiger partial charge >= 0.3 is 0 Å². The van der Waals surface area contributed by atoms with E-state index in [4.69, 9.17) is 4.74 Å². The fourth-order valence-corrected chi connectivity index (χ4v) is 2.88. The second kappa shape index (κ2) is 8.73. The number of para-hydroxylation sites is 1. The van der Waals surface area contributed by atoms with Gasteiger partial charge in [0.25, 0.3) is 0 Å². The first kappa shape index (κ1) is 17.6. The maximum Gasteiger partial charge on any atom is 0.242 e. The standard InChI is InChI=1S/C18H25N5O2/c1-14(18(24)19-7-4-8-23-9-11-25-12-10-23)22-17-15-5-2-3-6-16(15)20-13-21-17/h2-3,5-6,13-14H,4,7-12H2,1H3,(H,19,24)(H,20,21,22)/t14-/m1/s1. The normalized spacial score (nSPS) is 16.5. The Morgan fingerprint density at radius 1 is 1.28 bits per heavy atom. The second-order valence-corrected chi connectivity index (χ2v) is 6.20. The Hall–Kier alpha value is -2.25. The topological polar surface area (TPSA) is 79.4 Å². The molecule has 1 aliphatic heterocycles. The van der Waals surface area contributed by atoms with Crippen LogP contribution in [0.15, 0.2) is 30.6 Å². The fourth-order valence-electron chi connectivity index (χ4n) is 2.88. The molecule has 1 aromatic heterocycles. The largest absolute Gasteiger partial charge is 0.379 e. The summed E-state index contributed by atoms with van der Waals surface area (Å²) < 4.78 is 5.33. The molecule has 2 heterocycles. The number of anilines is 1. The Kier molecular flexibility index (Phi) is 6.14. The highest BCUT2D eigenvalue weighted by Crippen LogP contribution is 2.18. The average molecular weight is 343 g/mol. The van der Waals surface area contributed by atoms with Gasteiger partial charge in [-0.25, -0.2) is 9.97 Å².